The van der Waals surface area contributed by atoms with E-state index in [-0.39, 0.29) is 11.8 Å². The fourth-order valence-electron chi connectivity index (χ4n) is 2.73. The summed E-state index contributed by atoms with van der Waals surface area (Å²) in [5.74, 6) is -0.448. The Morgan fingerprint density at radius 3 is 2.86 bits per heavy atom. The molecule has 1 fully saturated rings. The van der Waals surface area contributed by atoms with Gasteiger partial charge in [0.1, 0.15) is 10.7 Å². The van der Waals surface area contributed by atoms with Gasteiger partial charge in [0.05, 0.1) is 18.0 Å². The number of hydrogen-bond acceptors (Lipinski definition) is 5. The van der Waals surface area contributed by atoms with Crippen molar-refractivity contribution in [2.75, 3.05) is 13.1 Å². The van der Waals surface area contributed by atoms with E-state index < -0.39 is 16.3 Å². The lowest BCUT2D eigenvalue weighted by atomic mass is 9.74. The number of likely N-dealkylation sites (tertiary alicyclic amines) is 1. The van der Waals surface area contributed by atoms with E-state index >= 15 is 0 Å². The lowest BCUT2D eigenvalue weighted by molar-refractivity contribution is -0.402. The van der Waals surface area contributed by atoms with E-state index in [4.69, 9.17) is 4.42 Å². The number of nitro groups is 1. The molecule has 1 aliphatic rings. The number of carboxylic acid groups (broad SMARTS) is 1. The minimum absolute atomic E-state index is 0.0636. The van der Waals surface area contributed by atoms with Gasteiger partial charge in [-0.3, -0.25) is 19.8 Å². The molecule has 0 radical (unpaired) electrons. The Morgan fingerprint density at radius 2 is 2.29 bits per heavy atom. The van der Waals surface area contributed by atoms with Gasteiger partial charge in [0, 0.05) is 6.54 Å². The Hall–Kier alpha value is -1.89. The fourth-order valence-corrected chi connectivity index (χ4v) is 2.73. The molecule has 0 spiro atoms. The van der Waals surface area contributed by atoms with Crippen molar-refractivity contribution < 1.29 is 19.2 Å². The van der Waals surface area contributed by atoms with Crippen LogP contribution in [0.2, 0.25) is 0 Å². The van der Waals surface area contributed by atoms with Gasteiger partial charge in [-0.15, -0.1) is 0 Å². The molecule has 1 atom stereocenters. The van der Waals surface area contributed by atoms with E-state index in [0.717, 1.165) is 19.4 Å². The summed E-state index contributed by atoms with van der Waals surface area (Å²) in [6.07, 6.45) is 1.80. The van der Waals surface area contributed by atoms with E-state index in [9.17, 15) is 20.0 Å². The summed E-state index contributed by atoms with van der Waals surface area (Å²) in [6, 6.07) is 2.95. The van der Waals surface area contributed by atoms with Crippen LogP contribution in [0.4, 0.5) is 5.88 Å². The number of piperidine rings is 1. The van der Waals surface area contributed by atoms with Gasteiger partial charge in [-0.1, -0.05) is 0 Å². The first-order valence-electron chi connectivity index (χ1n) is 6.99. The Morgan fingerprint density at radius 1 is 1.57 bits per heavy atom. The number of furan rings is 1. The Labute approximate surface area is 122 Å². The van der Waals surface area contributed by atoms with Crippen LogP contribution in [0.5, 0.6) is 0 Å². The number of aliphatic carboxylic acids is 1. The van der Waals surface area contributed by atoms with Crippen molar-refractivity contribution in [1.29, 1.82) is 0 Å². The monoisotopic (exact) mass is 296 g/mol. The molecule has 1 aromatic heterocycles. The van der Waals surface area contributed by atoms with Crippen LogP contribution in [-0.2, 0) is 11.3 Å². The predicted molar refractivity (Wildman–Crippen MR) is 74.8 cm³/mol. The second-order valence-corrected chi connectivity index (χ2v) is 6.10. The summed E-state index contributed by atoms with van der Waals surface area (Å²) in [4.78, 5) is 23.5. The molecule has 7 nitrogen and oxygen atoms in total. The number of rotatable bonds is 5. The second-order valence-electron chi connectivity index (χ2n) is 6.10. The maximum absolute atomic E-state index is 11.4. The molecule has 0 aliphatic carbocycles. The first kappa shape index (κ1) is 15.5. The first-order valence-corrected chi connectivity index (χ1v) is 6.99. The summed E-state index contributed by atoms with van der Waals surface area (Å²) in [5, 5.41) is 19.9. The highest BCUT2D eigenvalue weighted by molar-refractivity contribution is 5.74. The van der Waals surface area contributed by atoms with Crippen molar-refractivity contribution in [3.8, 4) is 0 Å². The number of nitrogens with zero attached hydrogens (tertiary/aromatic N) is 2. The van der Waals surface area contributed by atoms with Gasteiger partial charge in [0.25, 0.3) is 0 Å². The highest BCUT2D eigenvalue weighted by Crippen LogP contribution is 2.34. The smallest absolute Gasteiger partial charge is 0.433 e. The van der Waals surface area contributed by atoms with Crippen molar-refractivity contribution in [3.63, 3.8) is 0 Å². The summed E-state index contributed by atoms with van der Waals surface area (Å²) in [5.41, 5.74) is -0.770. The van der Waals surface area contributed by atoms with Crippen molar-refractivity contribution in [3.05, 3.63) is 28.0 Å². The predicted octanol–water partition coefficient (Wildman–Crippen LogP) is 2.51. The van der Waals surface area contributed by atoms with Crippen LogP contribution in [0.15, 0.2) is 16.5 Å². The minimum atomic E-state index is -0.789. The second kappa shape index (κ2) is 5.85. The molecule has 0 bridgehead atoms. The van der Waals surface area contributed by atoms with Crippen molar-refractivity contribution in [2.45, 2.75) is 33.2 Å². The zero-order chi connectivity index (χ0) is 15.6. The van der Waals surface area contributed by atoms with Crippen molar-refractivity contribution in [2.24, 2.45) is 11.3 Å². The van der Waals surface area contributed by atoms with Crippen LogP contribution < -0.4 is 0 Å². The molecular formula is C14H20N2O5. The van der Waals surface area contributed by atoms with E-state index in [2.05, 4.69) is 4.90 Å². The quantitative estimate of drug-likeness (QED) is 0.662. The first-order chi connectivity index (χ1) is 9.80. The lowest BCUT2D eigenvalue weighted by Crippen LogP contribution is -2.44. The van der Waals surface area contributed by atoms with E-state index in [0.29, 0.717) is 18.8 Å². The molecule has 1 N–H and O–H groups in total. The van der Waals surface area contributed by atoms with Crippen LogP contribution in [0.25, 0.3) is 0 Å². The maximum atomic E-state index is 11.4. The number of carboxylic acids is 1. The van der Waals surface area contributed by atoms with Gasteiger partial charge >= 0.3 is 11.9 Å². The molecule has 0 amide bonds. The van der Waals surface area contributed by atoms with Gasteiger partial charge < -0.3 is 9.52 Å². The average molecular weight is 296 g/mol. The molecule has 21 heavy (non-hydrogen) atoms. The molecule has 2 heterocycles. The zero-order valence-corrected chi connectivity index (χ0v) is 12.2. The van der Waals surface area contributed by atoms with Gasteiger partial charge in [-0.25, -0.2) is 0 Å². The largest absolute Gasteiger partial charge is 0.481 e. The third-order valence-electron chi connectivity index (χ3n) is 4.28. The Bertz CT molecular complexity index is 537. The van der Waals surface area contributed by atoms with Crippen LogP contribution in [0, 0.1) is 21.4 Å². The van der Waals surface area contributed by atoms with Gasteiger partial charge in [0.2, 0.25) is 0 Å². The number of hydrogen-bond donors (Lipinski definition) is 1. The molecule has 0 aromatic carbocycles. The van der Waals surface area contributed by atoms with Gasteiger partial charge in [0.15, 0.2) is 0 Å². The Kier molecular flexibility index (Phi) is 4.32. The molecule has 1 aromatic rings. The third kappa shape index (κ3) is 3.41. The molecule has 1 saturated heterocycles. The lowest BCUT2D eigenvalue weighted by Gasteiger charge is -2.38. The summed E-state index contributed by atoms with van der Waals surface area (Å²) < 4.78 is 5.16. The van der Waals surface area contributed by atoms with E-state index in [1.807, 2.05) is 0 Å². The fraction of sp³-hybridized carbons (Fsp3) is 0.643. The van der Waals surface area contributed by atoms with Crippen molar-refractivity contribution >= 4 is 11.9 Å². The summed E-state index contributed by atoms with van der Waals surface area (Å²) in [6.45, 7) is 5.48. The highest BCUT2D eigenvalue weighted by Gasteiger charge is 2.39. The molecule has 1 aliphatic heterocycles. The number of carbonyl (C=O) groups is 1. The minimum Gasteiger partial charge on any atom is -0.481 e. The van der Waals surface area contributed by atoms with Crippen LogP contribution in [-0.4, -0.2) is 34.0 Å². The van der Waals surface area contributed by atoms with Gasteiger partial charge in [-0.2, -0.15) is 0 Å². The third-order valence-corrected chi connectivity index (χ3v) is 4.28. The topological polar surface area (TPSA) is 96.8 Å². The zero-order valence-electron chi connectivity index (χ0n) is 12.2. The molecule has 116 valence electrons. The van der Waals surface area contributed by atoms with Gasteiger partial charge in [-0.05, 0) is 45.2 Å². The van der Waals surface area contributed by atoms with Crippen LogP contribution in [0.3, 0.4) is 0 Å². The molecule has 7 heteroatoms. The van der Waals surface area contributed by atoms with Crippen molar-refractivity contribution in [1.82, 2.24) is 4.90 Å². The normalized spacial score (nSPS) is 20.4. The molecular weight excluding hydrogens is 276 g/mol. The summed E-state index contributed by atoms with van der Waals surface area (Å²) in [7, 11) is 0. The maximum Gasteiger partial charge on any atom is 0.433 e. The van der Waals surface area contributed by atoms with E-state index in [1.165, 1.54) is 6.07 Å². The van der Waals surface area contributed by atoms with Crippen LogP contribution in [0.1, 0.15) is 32.4 Å². The Balaban J connectivity index is 2.01. The molecule has 1 unspecified atom stereocenters. The van der Waals surface area contributed by atoms with Crippen LogP contribution >= 0.6 is 0 Å². The molecule has 0 saturated carbocycles. The summed E-state index contributed by atoms with van der Waals surface area (Å²) >= 11 is 0. The highest BCUT2D eigenvalue weighted by atomic mass is 16.6. The standard InChI is InChI=1S/C14H20N2O5/c1-14(2,13(17)18)10-4-3-7-15(8-10)9-11-5-6-12(21-11)16(19)20/h5-6,10H,3-4,7-9H2,1-2H3,(H,17,18). The molecule has 2 rings (SSSR count). The van der Waals surface area contributed by atoms with E-state index in [1.54, 1.807) is 19.9 Å². The SMILES string of the molecule is CC(C)(C(=O)O)C1CCCN(Cc2ccc([N+](=O)[O-])o2)C1. The average Bonchev–Trinajstić information content (AvgIpc) is 2.87.